The lowest BCUT2D eigenvalue weighted by molar-refractivity contribution is 1.15. The highest BCUT2D eigenvalue weighted by atomic mass is 35.5. The average molecular weight is 207 g/mol. The van der Waals surface area contributed by atoms with Crippen molar-refractivity contribution in [2.45, 2.75) is 6.54 Å². The van der Waals surface area contributed by atoms with Gasteiger partial charge in [0.05, 0.1) is 10.7 Å². The van der Waals surface area contributed by atoms with Crippen LogP contribution < -0.4 is 5.32 Å². The van der Waals surface area contributed by atoms with Crippen molar-refractivity contribution < 1.29 is 0 Å². The zero-order chi connectivity index (χ0) is 9.80. The Labute approximate surface area is 87.9 Å². The van der Waals surface area contributed by atoms with E-state index in [9.17, 15) is 0 Å². The van der Waals surface area contributed by atoms with Crippen molar-refractivity contribution in [1.82, 2.24) is 4.98 Å². The lowest BCUT2D eigenvalue weighted by Gasteiger charge is -2.06. The van der Waals surface area contributed by atoms with Crippen LogP contribution in [0.2, 0.25) is 5.02 Å². The highest BCUT2D eigenvalue weighted by Crippen LogP contribution is 2.20. The summed E-state index contributed by atoms with van der Waals surface area (Å²) in [5.74, 6) is 0. The summed E-state index contributed by atoms with van der Waals surface area (Å²) in [5.41, 5.74) is 2.18. The largest absolute Gasteiger partial charge is 0.380 e. The van der Waals surface area contributed by atoms with E-state index in [1.807, 2.05) is 42.7 Å². The van der Waals surface area contributed by atoms with Crippen LogP contribution in [0, 0.1) is 0 Å². The number of hydrogen-bond acceptors (Lipinski definition) is 1. The molecule has 0 atom stereocenters. The highest BCUT2D eigenvalue weighted by molar-refractivity contribution is 6.33. The van der Waals surface area contributed by atoms with E-state index in [0.717, 1.165) is 17.3 Å². The zero-order valence-corrected chi connectivity index (χ0v) is 8.38. The smallest absolute Gasteiger partial charge is 0.0637 e. The van der Waals surface area contributed by atoms with Gasteiger partial charge in [-0.05, 0) is 23.8 Å². The van der Waals surface area contributed by atoms with Crippen LogP contribution in [0.4, 0.5) is 5.69 Å². The first-order valence-corrected chi connectivity index (χ1v) is 4.84. The van der Waals surface area contributed by atoms with E-state index in [2.05, 4.69) is 10.3 Å². The molecule has 1 aromatic carbocycles. The summed E-state index contributed by atoms with van der Waals surface area (Å²) in [6.07, 6.45) is 3.87. The molecule has 0 aliphatic rings. The minimum atomic E-state index is 0.753. The van der Waals surface area contributed by atoms with Crippen LogP contribution in [0.15, 0.2) is 42.7 Å². The third-order valence-corrected chi connectivity index (χ3v) is 2.35. The Bertz CT molecular complexity index is 395. The van der Waals surface area contributed by atoms with Gasteiger partial charge in [0, 0.05) is 18.9 Å². The third-order valence-electron chi connectivity index (χ3n) is 2.02. The first-order valence-electron chi connectivity index (χ1n) is 4.46. The van der Waals surface area contributed by atoms with Gasteiger partial charge < -0.3 is 10.3 Å². The molecule has 0 aliphatic carbocycles. The highest BCUT2D eigenvalue weighted by Gasteiger charge is 1.97. The van der Waals surface area contributed by atoms with Gasteiger partial charge in [-0.2, -0.15) is 0 Å². The van der Waals surface area contributed by atoms with Crippen molar-refractivity contribution in [3.05, 3.63) is 53.3 Å². The maximum absolute atomic E-state index is 5.99. The van der Waals surface area contributed by atoms with E-state index in [0.29, 0.717) is 0 Å². The number of hydrogen-bond donors (Lipinski definition) is 2. The van der Waals surface area contributed by atoms with Crippen molar-refractivity contribution in [1.29, 1.82) is 0 Å². The second-order valence-corrected chi connectivity index (χ2v) is 3.46. The second kappa shape index (κ2) is 4.20. The topological polar surface area (TPSA) is 27.8 Å². The van der Waals surface area contributed by atoms with E-state index in [4.69, 9.17) is 11.6 Å². The molecule has 0 bridgehead atoms. The predicted octanol–water partition coefficient (Wildman–Crippen LogP) is 3.28. The summed E-state index contributed by atoms with van der Waals surface area (Å²) in [7, 11) is 0. The summed E-state index contributed by atoms with van der Waals surface area (Å²) in [4.78, 5) is 3.01. The van der Waals surface area contributed by atoms with Gasteiger partial charge in [-0.15, -0.1) is 0 Å². The number of para-hydroxylation sites is 1. The second-order valence-electron chi connectivity index (χ2n) is 3.05. The molecular formula is C11H11ClN2. The van der Waals surface area contributed by atoms with E-state index >= 15 is 0 Å². The van der Waals surface area contributed by atoms with Crippen LogP contribution >= 0.6 is 11.6 Å². The number of rotatable bonds is 3. The Kier molecular flexibility index (Phi) is 2.75. The quantitative estimate of drug-likeness (QED) is 0.793. The van der Waals surface area contributed by atoms with Crippen LogP contribution in [0.5, 0.6) is 0 Å². The lowest BCUT2D eigenvalue weighted by Crippen LogP contribution is -1.98. The molecule has 2 N–H and O–H groups in total. The molecule has 72 valence electrons. The van der Waals surface area contributed by atoms with E-state index in [-0.39, 0.29) is 0 Å². The number of halogens is 1. The zero-order valence-electron chi connectivity index (χ0n) is 7.63. The van der Waals surface area contributed by atoms with Gasteiger partial charge in [-0.25, -0.2) is 0 Å². The molecule has 2 rings (SSSR count). The molecule has 0 radical (unpaired) electrons. The molecule has 2 nitrogen and oxygen atoms in total. The standard InChI is InChI=1S/C11H11ClN2/c12-10-3-1-2-4-11(10)14-8-9-5-6-13-7-9/h1-7,13-14H,8H2. The Balaban J connectivity index is 2.02. The van der Waals surface area contributed by atoms with Gasteiger partial charge in [0.1, 0.15) is 0 Å². The fraction of sp³-hybridized carbons (Fsp3) is 0.0909. The predicted molar refractivity (Wildman–Crippen MR) is 59.6 cm³/mol. The van der Waals surface area contributed by atoms with Crippen molar-refractivity contribution in [3.8, 4) is 0 Å². The number of aromatic nitrogens is 1. The number of nitrogens with one attached hydrogen (secondary N) is 2. The number of H-pyrrole nitrogens is 1. The maximum atomic E-state index is 5.99. The SMILES string of the molecule is Clc1ccccc1NCc1cc[nH]c1. The molecule has 0 spiro atoms. The normalized spacial score (nSPS) is 10.1. The Hall–Kier alpha value is -1.41. The van der Waals surface area contributed by atoms with Crippen molar-refractivity contribution in [3.63, 3.8) is 0 Å². The van der Waals surface area contributed by atoms with Gasteiger partial charge in [0.2, 0.25) is 0 Å². The Morgan fingerprint density at radius 2 is 2.07 bits per heavy atom. The molecule has 0 aliphatic heterocycles. The first-order chi connectivity index (χ1) is 6.86. The van der Waals surface area contributed by atoms with Gasteiger partial charge in [-0.1, -0.05) is 23.7 Å². The summed E-state index contributed by atoms with van der Waals surface area (Å²) in [5, 5.41) is 4.02. The summed E-state index contributed by atoms with van der Waals surface area (Å²) < 4.78 is 0. The van der Waals surface area contributed by atoms with E-state index in [1.165, 1.54) is 5.56 Å². The van der Waals surface area contributed by atoms with Crippen LogP contribution in [-0.4, -0.2) is 4.98 Å². The minimum absolute atomic E-state index is 0.753. The molecule has 0 unspecified atom stereocenters. The maximum Gasteiger partial charge on any atom is 0.0637 e. The van der Waals surface area contributed by atoms with E-state index in [1.54, 1.807) is 0 Å². The van der Waals surface area contributed by atoms with Crippen LogP contribution in [-0.2, 0) is 6.54 Å². The lowest BCUT2D eigenvalue weighted by atomic mass is 10.3. The molecule has 14 heavy (non-hydrogen) atoms. The fourth-order valence-corrected chi connectivity index (χ4v) is 1.47. The summed E-state index contributed by atoms with van der Waals surface area (Å²) in [6.45, 7) is 0.785. The summed E-state index contributed by atoms with van der Waals surface area (Å²) >= 11 is 5.99. The fourth-order valence-electron chi connectivity index (χ4n) is 1.27. The average Bonchev–Trinajstić information content (AvgIpc) is 2.69. The van der Waals surface area contributed by atoms with Gasteiger partial charge >= 0.3 is 0 Å². The van der Waals surface area contributed by atoms with Crippen LogP contribution in [0.25, 0.3) is 0 Å². The molecule has 1 heterocycles. The number of anilines is 1. The Morgan fingerprint density at radius 1 is 1.21 bits per heavy atom. The van der Waals surface area contributed by atoms with Crippen molar-refractivity contribution >= 4 is 17.3 Å². The van der Waals surface area contributed by atoms with Crippen molar-refractivity contribution in [2.75, 3.05) is 5.32 Å². The molecule has 3 heteroatoms. The molecule has 0 fully saturated rings. The minimum Gasteiger partial charge on any atom is -0.380 e. The molecule has 2 aromatic rings. The Morgan fingerprint density at radius 3 is 2.79 bits per heavy atom. The van der Waals surface area contributed by atoms with Gasteiger partial charge in [0.25, 0.3) is 0 Å². The monoisotopic (exact) mass is 206 g/mol. The molecule has 1 aromatic heterocycles. The number of aromatic amines is 1. The third kappa shape index (κ3) is 2.09. The molecular weight excluding hydrogens is 196 g/mol. The van der Waals surface area contributed by atoms with Crippen LogP contribution in [0.3, 0.4) is 0 Å². The molecule has 0 amide bonds. The first kappa shape index (κ1) is 9.16. The van der Waals surface area contributed by atoms with E-state index < -0.39 is 0 Å². The molecule has 0 saturated heterocycles. The van der Waals surface area contributed by atoms with Crippen molar-refractivity contribution in [2.24, 2.45) is 0 Å². The van der Waals surface area contributed by atoms with Gasteiger partial charge in [0.15, 0.2) is 0 Å². The summed E-state index contributed by atoms with van der Waals surface area (Å²) in [6, 6.07) is 9.76. The van der Waals surface area contributed by atoms with Crippen LogP contribution in [0.1, 0.15) is 5.56 Å². The van der Waals surface area contributed by atoms with Gasteiger partial charge in [-0.3, -0.25) is 0 Å². The molecule has 0 saturated carbocycles. The number of benzene rings is 1.